The fourth-order valence-electron chi connectivity index (χ4n) is 2.48. The molecule has 20 heteroatoms. The molecule has 0 saturated carbocycles. The highest BCUT2D eigenvalue weighted by molar-refractivity contribution is 7.71. The van der Waals surface area contributed by atoms with E-state index >= 15 is 0 Å². The smallest absolute Gasteiger partial charge is 0.381 e. The molecule has 5 unspecified atom stereocenters. The molecular weight excluding hydrogens is 501 g/mol. The number of phosphoric acid groups is 3. The number of hydrogen-bond acceptors (Lipinski definition) is 10. The first kappa shape index (κ1) is 25.6. The van der Waals surface area contributed by atoms with Crippen molar-refractivity contribution in [2.24, 2.45) is 0 Å². The number of hydrogen-bond donors (Lipinski definition) is 5. The molecule has 0 radical (unpaired) electrons. The molecule has 0 aromatic carbocycles. The van der Waals surface area contributed by atoms with E-state index in [1.807, 2.05) is 0 Å². The highest BCUT2D eigenvalue weighted by Crippen LogP contribution is 2.66. The Bertz CT molecular complexity index is 1020. The van der Waals surface area contributed by atoms with Gasteiger partial charge in [0.15, 0.2) is 23.5 Å². The molecule has 1 aliphatic heterocycles. The fourth-order valence-corrected chi connectivity index (χ4v) is 5.77. The topological polar surface area (TPSA) is 213 Å². The van der Waals surface area contributed by atoms with Crippen LogP contribution in [0, 0.1) is 10.6 Å². The normalized spacial score (nSPS) is 28.8. The maximum Gasteiger partial charge on any atom is 0.490 e. The van der Waals surface area contributed by atoms with Crippen molar-refractivity contribution in [3.05, 3.63) is 16.8 Å². The molecular formula is C10H16F2N3O11P3S. The summed E-state index contributed by atoms with van der Waals surface area (Å²) in [7, 11) is -16.6. The molecule has 0 aliphatic carbocycles. The summed E-state index contributed by atoms with van der Waals surface area (Å²) >= 11 is 4.89. The van der Waals surface area contributed by atoms with Gasteiger partial charge < -0.3 is 30.0 Å². The Balaban J connectivity index is 2.08. The van der Waals surface area contributed by atoms with Crippen LogP contribution in [0.3, 0.4) is 0 Å². The number of nitrogens with zero attached hydrogens (tertiary/aromatic N) is 2. The number of halogens is 2. The number of aromatic nitrogens is 2. The predicted octanol–water partition coefficient (Wildman–Crippen LogP) is 1.69. The molecule has 1 aliphatic rings. The van der Waals surface area contributed by atoms with E-state index in [0.717, 1.165) is 17.7 Å². The van der Waals surface area contributed by atoms with Crippen molar-refractivity contribution in [3.63, 3.8) is 0 Å². The standard InChI is InChI=1S/C10H16F2N3O11P3S/c1-10(12)2-5(24-8(10)15-3-6(11)7(13)14-9(15)30)4-23-28(19,20)26-29(21,22)25-27(16,17)18/h3,5,8H,2,4H2,1H3,(H,19,20)(H,21,22)(H2,13,14,30)(H2,16,17,18). The van der Waals surface area contributed by atoms with Crippen molar-refractivity contribution in [1.29, 1.82) is 0 Å². The summed E-state index contributed by atoms with van der Waals surface area (Å²) < 4.78 is 79.5. The maximum atomic E-state index is 14.9. The van der Waals surface area contributed by atoms with Crippen molar-refractivity contribution < 1.29 is 59.9 Å². The van der Waals surface area contributed by atoms with Crippen LogP contribution in [0.4, 0.5) is 14.6 Å². The number of alkyl halides is 1. The first-order chi connectivity index (χ1) is 13.4. The highest BCUT2D eigenvalue weighted by Gasteiger charge is 2.48. The molecule has 0 bridgehead atoms. The molecule has 6 N–H and O–H groups in total. The van der Waals surface area contributed by atoms with E-state index in [4.69, 9.17) is 37.4 Å². The molecule has 2 rings (SSSR count). The van der Waals surface area contributed by atoms with Crippen LogP contribution in [0.15, 0.2) is 6.20 Å². The zero-order valence-electron chi connectivity index (χ0n) is 14.8. The van der Waals surface area contributed by atoms with Crippen LogP contribution < -0.4 is 5.73 Å². The van der Waals surface area contributed by atoms with Crippen LogP contribution in [0.25, 0.3) is 0 Å². The van der Waals surface area contributed by atoms with E-state index in [1.54, 1.807) is 0 Å². The molecule has 30 heavy (non-hydrogen) atoms. The van der Waals surface area contributed by atoms with Gasteiger partial charge in [-0.05, 0) is 19.1 Å². The quantitative estimate of drug-likeness (QED) is 0.245. The van der Waals surface area contributed by atoms with Gasteiger partial charge in [-0.3, -0.25) is 9.09 Å². The van der Waals surface area contributed by atoms with Gasteiger partial charge in [-0.15, -0.1) is 0 Å². The van der Waals surface area contributed by atoms with Gasteiger partial charge in [0.25, 0.3) is 0 Å². The summed E-state index contributed by atoms with van der Waals surface area (Å²) in [6.45, 7) is 0.191. The second kappa shape index (κ2) is 8.70. The zero-order chi connectivity index (χ0) is 23.1. The minimum atomic E-state index is -5.69. The van der Waals surface area contributed by atoms with Crippen molar-refractivity contribution >= 4 is 41.5 Å². The Morgan fingerprint density at radius 2 is 1.93 bits per heavy atom. The fraction of sp³-hybridized carbons (Fsp3) is 0.600. The Kier molecular flexibility index (Phi) is 7.42. The third-order valence-corrected chi connectivity index (χ3v) is 7.59. The monoisotopic (exact) mass is 517 g/mol. The van der Waals surface area contributed by atoms with Gasteiger partial charge in [0.2, 0.25) is 4.77 Å². The van der Waals surface area contributed by atoms with Gasteiger partial charge in [-0.2, -0.15) is 13.6 Å². The van der Waals surface area contributed by atoms with E-state index < -0.39 is 66.1 Å². The number of phosphoric ester groups is 1. The lowest BCUT2D eigenvalue weighted by atomic mass is 10.0. The number of nitrogens with two attached hydrogens (primary N) is 1. The molecule has 172 valence electrons. The van der Waals surface area contributed by atoms with Gasteiger partial charge >= 0.3 is 23.5 Å². The summed E-state index contributed by atoms with van der Waals surface area (Å²) in [5, 5.41) is 0. The second-order valence-electron chi connectivity index (χ2n) is 6.14. The average molecular weight is 517 g/mol. The summed E-state index contributed by atoms with van der Waals surface area (Å²) in [4.78, 5) is 39.0. The van der Waals surface area contributed by atoms with Crippen LogP contribution in [0.2, 0.25) is 0 Å². The Morgan fingerprint density at radius 3 is 2.50 bits per heavy atom. The van der Waals surface area contributed by atoms with Crippen molar-refractivity contribution in [2.75, 3.05) is 12.3 Å². The van der Waals surface area contributed by atoms with Gasteiger partial charge in [0, 0.05) is 12.6 Å². The Hall–Kier alpha value is -0.670. The molecule has 1 fully saturated rings. The molecule has 2 heterocycles. The largest absolute Gasteiger partial charge is 0.490 e. The SMILES string of the molecule is CC1(F)CC(COP(=O)(O)OP(=O)(O)OP(=O)(O)O)OC1n1cc(F)c(N)nc1=S. The van der Waals surface area contributed by atoms with Crippen LogP contribution in [0.5, 0.6) is 0 Å². The number of rotatable bonds is 8. The molecule has 14 nitrogen and oxygen atoms in total. The average Bonchev–Trinajstić information content (AvgIpc) is 2.80. The number of ether oxygens (including phenoxy) is 1. The van der Waals surface area contributed by atoms with E-state index in [-0.39, 0.29) is 4.77 Å². The van der Waals surface area contributed by atoms with Crippen LogP contribution in [-0.4, -0.2) is 47.5 Å². The number of anilines is 1. The zero-order valence-corrected chi connectivity index (χ0v) is 18.3. The summed E-state index contributed by atoms with van der Waals surface area (Å²) in [5.41, 5.74) is 3.08. The van der Waals surface area contributed by atoms with E-state index in [2.05, 4.69) is 18.1 Å². The summed E-state index contributed by atoms with van der Waals surface area (Å²) in [6.07, 6.45) is -2.47. The van der Waals surface area contributed by atoms with Crippen LogP contribution >= 0.6 is 35.7 Å². The summed E-state index contributed by atoms with van der Waals surface area (Å²) in [5.74, 6) is -1.52. The highest BCUT2D eigenvalue weighted by atomic mass is 32.1. The second-order valence-corrected chi connectivity index (χ2v) is 10.9. The van der Waals surface area contributed by atoms with Crippen molar-refractivity contribution in [2.45, 2.75) is 31.3 Å². The van der Waals surface area contributed by atoms with Crippen LogP contribution in [0.1, 0.15) is 19.6 Å². The van der Waals surface area contributed by atoms with Gasteiger partial charge in [-0.1, -0.05) is 0 Å². The molecule has 0 spiro atoms. The first-order valence-electron chi connectivity index (χ1n) is 7.58. The van der Waals surface area contributed by atoms with E-state index in [0.29, 0.717) is 0 Å². The Morgan fingerprint density at radius 1 is 1.33 bits per heavy atom. The summed E-state index contributed by atoms with van der Waals surface area (Å²) in [6, 6.07) is 0. The van der Waals surface area contributed by atoms with Gasteiger partial charge in [0.1, 0.15) is 0 Å². The minimum Gasteiger partial charge on any atom is -0.381 e. The number of nitrogen functional groups attached to an aromatic ring is 1. The third-order valence-electron chi connectivity index (χ3n) is 3.49. The van der Waals surface area contributed by atoms with E-state index in [9.17, 15) is 27.4 Å². The predicted molar refractivity (Wildman–Crippen MR) is 95.3 cm³/mol. The lowest BCUT2D eigenvalue weighted by molar-refractivity contribution is -0.0597. The van der Waals surface area contributed by atoms with Crippen molar-refractivity contribution in [1.82, 2.24) is 9.55 Å². The molecule has 1 aromatic heterocycles. The van der Waals surface area contributed by atoms with Gasteiger partial charge in [-0.25, -0.2) is 22.5 Å². The lowest BCUT2D eigenvalue weighted by Crippen LogP contribution is -2.28. The lowest BCUT2D eigenvalue weighted by Gasteiger charge is -2.23. The van der Waals surface area contributed by atoms with Gasteiger partial charge in [0.05, 0.1) is 12.7 Å². The molecule has 1 aromatic rings. The van der Waals surface area contributed by atoms with Crippen LogP contribution in [-0.2, 0) is 31.6 Å². The maximum absolute atomic E-state index is 14.9. The van der Waals surface area contributed by atoms with E-state index in [1.165, 1.54) is 0 Å². The third kappa shape index (κ3) is 6.92. The van der Waals surface area contributed by atoms with Crippen molar-refractivity contribution in [3.8, 4) is 0 Å². The molecule has 5 atom stereocenters. The Labute approximate surface area is 172 Å². The first-order valence-corrected chi connectivity index (χ1v) is 12.5. The minimum absolute atomic E-state index is 0.309. The molecule has 1 saturated heterocycles. The molecule has 0 amide bonds.